The zero-order chi connectivity index (χ0) is 18.4. The van der Waals surface area contributed by atoms with E-state index in [0.717, 1.165) is 28.3 Å². The predicted octanol–water partition coefficient (Wildman–Crippen LogP) is 3.89. The van der Waals surface area contributed by atoms with E-state index in [2.05, 4.69) is 15.3 Å². The number of benzene rings is 1. The number of para-hydroxylation sites is 1. The third-order valence-electron chi connectivity index (χ3n) is 3.95. The van der Waals surface area contributed by atoms with Crippen LogP contribution in [0.1, 0.15) is 16.8 Å². The van der Waals surface area contributed by atoms with E-state index >= 15 is 0 Å². The summed E-state index contributed by atoms with van der Waals surface area (Å²) in [5.41, 5.74) is 3.59. The highest BCUT2D eigenvalue weighted by molar-refractivity contribution is 5.84. The van der Waals surface area contributed by atoms with Crippen LogP contribution in [0.3, 0.4) is 0 Å². The van der Waals surface area contributed by atoms with Crippen molar-refractivity contribution in [3.05, 3.63) is 77.6 Å². The van der Waals surface area contributed by atoms with Crippen molar-refractivity contribution in [2.75, 3.05) is 12.4 Å². The van der Waals surface area contributed by atoms with Crippen LogP contribution >= 0.6 is 0 Å². The number of carbonyl (C=O) groups is 1. The number of ether oxygens (including phenoxy) is 1. The summed E-state index contributed by atoms with van der Waals surface area (Å²) in [5, 5.41) is 3.31. The Kier molecular flexibility index (Phi) is 5.59. The van der Waals surface area contributed by atoms with Crippen LogP contribution < -0.4 is 10.1 Å². The largest absolute Gasteiger partial charge is 0.481 e. The van der Waals surface area contributed by atoms with Crippen molar-refractivity contribution in [2.45, 2.75) is 19.8 Å². The standard InChI is InChI=1S/C21H21N3O2/c1-15-8-10-17(21(23-15)24-18-6-4-3-5-7-18)13-19(25)12-16-9-11-20(26-2)22-14-16/h3-11,14H,12-13H2,1-2H3,(H,23,24). The molecule has 0 amide bonds. The third kappa shape index (κ3) is 4.66. The summed E-state index contributed by atoms with van der Waals surface area (Å²) in [6.45, 7) is 1.94. The average Bonchev–Trinajstić information content (AvgIpc) is 2.65. The monoisotopic (exact) mass is 347 g/mol. The van der Waals surface area contributed by atoms with Crippen LogP contribution in [-0.4, -0.2) is 22.9 Å². The number of methoxy groups -OCH3 is 1. The number of rotatable bonds is 7. The normalized spacial score (nSPS) is 10.4. The molecule has 132 valence electrons. The summed E-state index contributed by atoms with van der Waals surface area (Å²) in [6, 6.07) is 17.3. The highest BCUT2D eigenvalue weighted by Crippen LogP contribution is 2.20. The number of carbonyl (C=O) groups excluding carboxylic acids is 1. The van der Waals surface area contributed by atoms with E-state index in [4.69, 9.17) is 4.74 Å². The molecule has 0 atom stereocenters. The maximum absolute atomic E-state index is 12.5. The molecule has 1 aromatic carbocycles. The van der Waals surface area contributed by atoms with Crippen LogP contribution in [0, 0.1) is 6.92 Å². The van der Waals surface area contributed by atoms with Crippen LogP contribution in [0.5, 0.6) is 5.88 Å². The molecule has 0 bridgehead atoms. The fraction of sp³-hybridized carbons (Fsp3) is 0.190. The van der Waals surface area contributed by atoms with Gasteiger partial charge in [-0.25, -0.2) is 9.97 Å². The van der Waals surface area contributed by atoms with Crippen molar-refractivity contribution in [3.8, 4) is 5.88 Å². The lowest BCUT2D eigenvalue weighted by Gasteiger charge is -2.12. The SMILES string of the molecule is COc1ccc(CC(=O)Cc2ccc(C)nc2Nc2ccccc2)cn1. The number of nitrogens with one attached hydrogen (secondary N) is 1. The molecule has 0 fully saturated rings. The highest BCUT2D eigenvalue weighted by atomic mass is 16.5. The minimum Gasteiger partial charge on any atom is -0.481 e. The molecule has 3 aromatic rings. The molecule has 0 radical (unpaired) electrons. The van der Waals surface area contributed by atoms with E-state index in [1.165, 1.54) is 0 Å². The Bertz CT molecular complexity index is 878. The number of nitrogens with zero attached hydrogens (tertiary/aromatic N) is 2. The summed E-state index contributed by atoms with van der Waals surface area (Å²) in [6.07, 6.45) is 2.32. The Balaban J connectivity index is 1.72. The Morgan fingerprint density at radius 1 is 1.04 bits per heavy atom. The van der Waals surface area contributed by atoms with Crippen molar-refractivity contribution < 1.29 is 9.53 Å². The van der Waals surface area contributed by atoms with Gasteiger partial charge in [0.1, 0.15) is 11.6 Å². The highest BCUT2D eigenvalue weighted by Gasteiger charge is 2.11. The predicted molar refractivity (Wildman–Crippen MR) is 102 cm³/mol. The molecule has 0 saturated heterocycles. The van der Waals surface area contributed by atoms with Gasteiger partial charge in [0.2, 0.25) is 5.88 Å². The van der Waals surface area contributed by atoms with E-state index in [0.29, 0.717) is 18.7 Å². The number of aryl methyl sites for hydroxylation is 1. The van der Waals surface area contributed by atoms with Crippen molar-refractivity contribution in [1.82, 2.24) is 9.97 Å². The van der Waals surface area contributed by atoms with Gasteiger partial charge < -0.3 is 10.1 Å². The Morgan fingerprint density at radius 2 is 1.85 bits per heavy atom. The van der Waals surface area contributed by atoms with Gasteiger partial charge in [-0.3, -0.25) is 4.79 Å². The second kappa shape index (κ2) is 8.25. The number of hydrogen-bond acceptors (Lipinski definition) is 5. The van der Waals surface area contributed by atoms with Crippen molar-refractivity contribution in [3.63, 3.8) is 0 Å². The molecule has 0 aliphatic heterocycles. The van der Waals surface area contributed by atoms with Gasteiger partial charge in [-0.05, 0) is 30.7 Å². The van der Waals surface area contributed by atoms with Gasteiger partial charge in [0, 0.05) is 42.0 Å². The molecule has 0 unspecified atom stereocenters. The third-order valence-corrected chi connectivity index (χ3v) is 3.95. The first-order valence-corrected chi connectivity index (χ1v) is 8.43. The zero-order valence-corrected chi connectivity index (χ0v) is 14.9. The van der Waals surface area contributed by atoms with E-state index in [9.17, 15) is 4.79 Å². The Labute approximate surface area is 153 Å². The van der Waals surface area contributed by atoms with Crippen LogP contribution in [0.4, 0.5) is 11.5 Å². The molecule has 2 aromatic heterocycles. The summed E-state index contributed by atoms with van der Waals surface area (Å²) >= 11 is 0. The first kappa shape index (κ1) is 17.6. The topological polar surface area (TPSA) is 64.1 Å². The van der Waals surface area contributed by atoms with Gasteiger partial charge in [0.15, 0.2) is 0 Å². The van der Waals surface area contributed by atoms with E-state index in [1.807, 2.05) is 55.5 Å². The minimum absolute atomic E-state index is 0.110. The summed E-state index contributed by atoms with van der Waals surface area (Å²) in [7, 11) is 1.57. The maximum atomic E-state index is 12.5. The first-order valence-electron chi connectivity index (χ1n) is 8.43. The molecule has 2 heterocycles. The smallest absolute Gasteiger partial charge is 0.212 e. The quantitative estimate of drug-likeness (QED) is 0.702. The van der Waals surface area contributed by atoms with Crippen LogP contribution in [0.2, 0.25) is 0 Å². The van der Waals surface area contributed by atoms with Gasteiger partial charge in [-0.2, -0.15) is 0 Å². The molecule has 0 aliphatic rings. The summed E-state index contributed by atoms with van der Waals surface area (Å²) in [4.78, 5) is 21.2. The summed E-state index contributed by atoms with van der Waals surface area (Å²) in [5.74, 6) is 1.37. The van der Waals surface area contributed by atoms with Crippen LogP contribution in [-0.2, 0) is 17.6 Å². The number of hydrogen-bond donors (Lipinski definition) is 1. The van der Waals surface area contributed by atoms with E-state index in [-0.39, 0.29) is 5.78 Å². The fourth-order valence-corrected chi connectivity index (χ4v) is 2.63. The molecule has 5 heteroatoms. The van der Waals surface area contributed by atoms with Crippen molar-refractivity contribution >= 4 is 17.3 Å². The van der Waals surface area contributed by atoms with Gasteiger partial charge in [0.05, 0.1) is 7.11 Å². The van der Waals surface area contributed by atoms with Gasteiger partial charge in [-0.1, -0.05) is 30.3 Å². The minimum atomic E-state index is 0.110. The lowest BCUT2D eigenvalue weighted by atomic mass is 10.0. The second-order valence-electron chi connectivity index (χ2n) is 6.05. The zero-order valence-electron chi connectivity index (χ0n) is 14.9. The molecule has 0 spiro atoms. The van der Waals surface area contributed by atoms with Crippen LogP contribution in [0.25, 0.3) is 0 Å². The number of aromatic nitrogens is 2. The number of anilines is 2. The molecule has 0 aliphatic carbocycles. The fourth-order valence-electron chi connectivity index (χ4n) is 2.63. The molecular formula is C21H21N3O2. The number of Topliss-reactive ketones (excluding diaryl/α,β-unsaturated/α-hetero) is 1. The molecule has 0 saturated carbocycles. The number of ketones is 1. The Morgan fingerprint density at radius 3 is 2.54 bits per heavy atom. The molecule has 1 N–H and O–H groups in total. The molecular weight excluding hydrogens is 326 g/mol. The van der Waals surface area contributed by atoms with Crippen molar-refractivity contribution in [1.29, 1.82) is 0 Å². The second-order valence-corrected chi connectivity index (χ2v) is 6.05. The molecule has 26 heavy (non-hydrogen) atoms. The van der Waals surface area contributed by atoms with Gasteiger partial charge in [-0.15, -0.1) is 0 Å². The van der Waals surface area contributed by atoms with Crippen molar-refractivity contribution in [2.24, 2.45) is 0 Å². The Hall–Kier alpha value is -3.21. The molecule has 5 nitrogen and oxygen atoms in total. The van der Waals surface area contributed by atoms with Crippen LogP contribution in [0.15, 0.2) is 60.8 Å². The maximum Gasteiger partial charge on any atom is 0.212 e. The number of pyridine rings is 2. The first-order chi connectivity index (χ1) is 12.6. The summed E-state index contributed by atoms with van der Waals surface area (Å²) < 4.78 is 5.04. The van der Waals surface area contributed by atoms with E-state index < -0.39 is 0 Å². The lowest BCUT2D eigenvalue weighted by Crippen LogP contribution is -2.10. The van der Waals surface area contributed by atoms with E-state index in [1.54, 1.807) is 19.4 Å². The lowest BCUT2D eigenvalue weighted by molar-refractivity contribution is -0.117. The van der Waals surface area contributed by atoms with Gasteiger partial charge in [0.25, 0.3) is 0 Å². The van der Waals surface area contributed by atoms with Gasteiger partial charge >= 0.3 is 0 Å². The molecule has 3 rings (SSSR count). The average molecular weight is 347 g/mol.